The third kappa shape index (κ3) is 4.82. The third-order valence-corrected chi connectivity index (χ3v) is 5.80. The molecule has 1 N–H and O–H groups in total. The first-order valence-corrected chi connectivity index (χ1v) is 10.5. The molecule has 7 nitrogen and oxygen atoms in total. The summed E-state index contributed by atoms with van der Waals surface area (Å²) in [5, 5.41) is 13.5. The number of anilines is 1. The van der Waals surface area contributed by atoms with Crippen LogP contribution < -0.4 is 5.32 Å². The first-order chi connectivity index (χ1) is 13.7. The number of aromatic nitrogens is 4. The first kappa shape index (κ1) is 18.8. The quantitative estimate of drug-likeness (QED) is 0.692. The number of benzene rings is 1. The average molecular weight is 397 g/mol. The van der Waals surface area contributed by atoms with E-state index < -0.39 is 0 Å². The number of thiazole rings is 1. The zero-order chi connectivity index (χ0) is 19.3. The van der Waals surface area contributed by atoms with E-state index in [9.17, 15) is 4.79 Å². The van der Waals surface area contributed by atoms with Gasteiger partial charge >= 0.3 is 0 Å². The maximum absolute atomic E-state index is 12.4. The Hall–Kier alpha value is -2.58. The van der Waals surface area contributed by atoms with Crippen molar-refractivity contribution >= 4 is 22.4 Å². The molecule has 3 heterocycles. The largest absolute Gasteiger partial charge is 0.297 e. The van der Waals surface area contributed by atoms with E-state index in [0.29, 0.717) is 11.7 Å². The molecule has 1 saturated heterocycles. The molecular formula is C20H24N6OS. The van der Waals surface area contributed by atoms with Crippen LogP contribution in [0.15, 0.2) is 41.9 Å². The number of amides is 1. The molecule has 0 bridgehead atoms. The second-order valence-electron chi connectivity index (χ2n) is 7.34. The van der Waals surface area contributed by atoms with Crippen molar-refractivity contribution in [2.45, 2.75) is 32.9 Å². The van der Waals surface area contributed by atoms with Crippen LogP contribution in [0.1, 0.15) is 41.5 Å². The SMILES string of the molecule is CC1CCN(Cc2csc(NC(=O)c3cn(Cc4ccccc4)nn3)n2)CC1. The van der Waals surface area contributed by atoms with Gasteiger partial charge < -0.3 is 0 Å². The molecule has 1 aliphatic heterocycles. The molecule has 146 valence electrons. The van der Waals surface area contributed by atoms with Gasteiger partial charge in [-0.15, -0.1) is 16.4 Å². The van der Waals surface area contributed by atoms with Gasteiger partial charge in [0.1, 0.15) is 0 Å². The summed E-state index contributed by atoms with van der Waals surface area (Å²) < 4.78 is 1.66. The molecule has 0 atom stereocenters. The van der Waals surface area contributed by atoms with E-state index in [4.69, 9.17) is 0 Å². The highest BCUT2D eigenvalue weighted by Crippen LogP contribution is 2.21. The van der Waals surface area contributed by atoms with Crippen molar-refractivity contribution in [2.75, 3.05) is 18.4 Å². The second kappa shape index (κ2) is 8.62. The zero-order valence-corrected chi connectivity index (χ0v) is 16.7. The lowest BCUT2D eigenvalue weighted by Crippen LogP contribution is -2.32. The fourth-order valence-electron chi connectivity index (χ4n) is 3.30. The Kier molecular flexibility index (Phi) is 5.78. The predicted octanol–water partition coefficient (Wildman–Crippen LogP) is 3.27. The molecule has 0 saturated carbocycles. The molecule has 1 amide bonds. The predicted molar refractivity (Wildman–Crippen MR) is 109 cm³/mol. The highest BCUT2D eigenvalue weighted by Gasteiger charge is 2.18. The van der Waals surface area contributed by atoms with Crippen molar-refractivity contribution in [3.8, 4) is 0 Å². The average Bonchev–Trinajstić information content (AvgIpc) is 3.34. The maximum atomic E-state index is 12.4. The van der Waals surface area contributed by atoms with Gasteiger partial charge in [-0.1, -0.05) is 42.5 Å². The number of likely N-dealkylation sites (tertiary alicyclic amines) is 1. The summed E-state index contributed by atoms with van der Waals surface area (Å²) in [6.07, 6.45) is 4.14. The summed E-state index contributed by atoms with van der Waals surface area (Å²) in [6.45, 7) is 5.96. The summed E-state index contributed by atoms with van der Waals surface area (Å²) in [4.78, 5) is 19.4. The van der Waals surface area contributed by atoms with Crippen LogP contribution in [0, 0.1) is 5.92 Å². The van der Waals surface area contributed by atoms with E-state index in [2.05, 4.69) is 32.4 Å². The Labute approximate surface area is 168 Å². The molecule has 8 heteroatoms. The van der Waals surface area contributed by atoms with Gasteiger partial charge in [-0.2, -0.15) is 0 Å². The lowest BCUT2D eigenvalue weighted by Gasteiger charge is -2.29. The number of rotatable bonds is 6. The summed E-state index contributed by atoms with van der Waals surface area (Å²) in [7, 11) is 0. The minimum atomic E-state index is -0.285. The Bertz CT molecular complexity index is 914. The highest BCUT2D eigenvalue weighted by atomic mass is 32.1. The topological polar surface area (TPSA) is 75.9 Å². The Morgan fingerprint density at radius 2 is 2.00 bits per heavy atom. The lowest BCUT2D eigenvalue weighted by molar-refractivity contribution is 0.102. The first-order valence-electron chi connectivity index (χ1n) is 9.58. The summed E-state index contributed by atoms with van der Waals surface area (Å²) in [5.41, 5.74) is 2.40. The van der Waals surface area contributed by atoms with Crippen LogP contribution in [-0.4, -0.2) is 43.9 Å². The zero-order valence-electron chi connectivity index (χ0n) is 15.9. The second-order valence-corrected chi connectivity index (χ2v) is 8.20. The Balaban J connectivity index is 1.32. The minimum absolute atomic E-state index is 0.285. The van der Waals surface area contributed by atoms with Crippen LogP contribution in [0.3, 0.4) is 0 Å². The number of nitrogens with one attached hydrogen (secondary N) is 1. The lowest BCUT2D eigenvalue weighted by atomic mass is 9.99. The summed E-state index contributed by atoms with van der Waals surface area (Å²) in [6, 6.07) is 9.95. The van der Waals surface area contributed by atoms with Crippen molar-refractivity contribution in [3.63, 3.8) is 0 Å². The number of piperidine rings is 1. The van der Waals surface area contributed by atoms with Gasteiger partial charge in [-0.3, -0.25) is 15.0 Å². The Morgan fingerprint density at radius 1 is 1.21 bits per heavy atom. The van der Waals surface area contributed by atoms with E-state index in [0.717, 1.165) is 36.8 Å². The van der Waals surface area contributed by atoms with E-state index >= 15 is 0 Å². The third-order valence-electron chi connectivity index (χ3n) is 4.99. The molecule has 0 spiro atoms. The van der Waals surface area contributed by atoms with E-state index in [1.807, 2.05) is 35.7 Å². The monoisotopic (exact) mass is 396 g/mol. The van der Waals surface area contributed by atoms with Crippen molar-refractivity contribution in [3.05, 3.63) is 58.9 Å². The molecule has 4 rings (SSSR count). The molecule has 1 fully saturated rings. The van der Waals surface area contributed by atoms with E-state index in [1.54, 1.807) is 10.9 Å². The van der Waals surface area contributed by atoms with E-state index in [-0.39, 0.29) is 11.6 Å². The van der Waals surface area contributed by atoms with Crippen molar-refractivity contribution < 1.29 is 4.79 Å². The van der Waals surface area contributed by atoms with Crippen LogP contribution in [0.25, 0.3) is 0 Å². The molecular weight excluding hydrogens is 372 g/mol. The minimum Gasteiger partial charge on any atom is -0.297 e. The number of carbonyl (C=O) groups is 1. The van der Waals surface area contributed by atoms with Crippen LogP contribution in [0.2, 0.25) is 0 Å². The number of carbonyl (C=O) groups excluding carboxylic acids is 1. The molecule has 3 aromatic rings. The molecule has 1 aromatic carbocycles. The van der Waals surface area contributed by atoms with Gasteiger partial charge in [0, 0.05) is 11.9 Å². The van der Waals surface area contributed by atoms with Crippen molar-refractivity contribution in [1.29, 1.82) is 0 Å². The van der Waals surface area contributed by atoms with Crippen molar-refractivity contribution in [2.24, 2.45) is 5.92 Å². The fraction of sp³-hybridized carbons (Fsp3) is 0.400. The molecule has 1 aliphatic rings. The van der Waals surface area contributed by atoms with Crippen molar-refractivity contribution in [1.82, 2.24) is 24.9 Å². The molecule has 0 aliphatic carbocycles. The normalized spacial score (nSPS) is 15.6. The molecule has 0 radical (unpaired) electrons. The van der Waals surface area contributed by atoms with Crippen LogP contribution in [-0.2, 0) is 13.1 Å². The number of hydrogen-bond donors (Lipinski definition) is 1. The molecule has 2 aromatic heterocycles. The smallest absolute Gasteiger partial charge is 0.279 e. The fourth-order valence-corrected chi connectivity index (χ4v) is 3.99. The van der Waals surface area contributed by atoms with E-state index in [1.165, 1.54) is 24.2 Å². The van der Waals surface area contributed by atoms with Gasteiger partial charge in [-0.05, 0) is 37.4 Å². The molecule has 0 unspecified atom stereocenters. The highest BCUT2D eigenvalue weighted by molar-refractivity contribution is 7.13. The number of nitrogens with zero attached hydrogens (tertiary/aromatic N) is 5. The van der Waals surface area contributed by atoms with Crippen LogP contribution in [0.5, 0.6) is 0 Å². The van der Waals surface area contributed by atoms with Gasteiger partial charge in [0.15, 0.2) is 10.8 Å². The van der Waals surface area contributed by atoms with Gasteiger partial charge in [0.2, 0.25) is 0 Å². The standard InChI is InChI=1S/C20H24N6OS/c1-15-7-9-25(10-8-15)12-17-14-28-20(21-17)22-19(27)18-13-26(24-23-18)11-16-5-3-2-4-6-16/h2-6,13-15H,7-12H2,1H3,(H,21,22,27). The maximum Gasteiger partial charge on any atom is 0.279 e. The summed E-state index contributed by atoms with van der Waals surface area (Å²) in [5.74, 6) is 0.531. The number of hydrogen-bond acceptors (Lipinski definition) is 6. The van der Waals surface area contributed by atoms with Gasteiger partial charge in [0.25, 0.3) is 5.91 Å². The summed E-state index contributed by atoms with van der Waals surface area (Å²) >= 11 is 1.45. The van der Waals surface area contributed by atoms with Crippen LogP contribution in [0.4, 0.5) is 5.13 Å². The van der Waals surface area contributed by atoms with Gasteiger partial charge in [-0.25, -0.2) is 9.67 Å². The van der Waals surface area contributed by atoms with Crippen LogP contribution >= 0.6 is 11.3 Å². The Morgan fingerprint density at radius 3 is 2.79 bits per heavy atom. The molecule has 28 heavy (non-hydrogen) atoms. The van der Waals surface area contributed by atoms with Gasteiger partial charge in [0.05, 0.1) is 18.4 Å².